The molecule has 2 rings (SSSR count). The van der Waals surface area contributed by atoms with Crippen LogP contribution in [0.3, 0.4) is 0 Å². The molecule has 1 amide bonds. The molecular weight excluding hydrogens is 304 g/mol. The van der Waals surface area contributed by atoms with Crippen LogP contribution >= 0.6 is 0 Å². The third kappa shape index (κ3) is 5.85. The van der Waals surface area contributed by atoms with E-state index in [1.54, 1.807) is 24.3 Å². The zero-order valence-corrected chi connectivity index (χ0v) is 13.7. The van der Waals surface area contributed by atoms with Crippen molar-refractivity contribution in [1.82, 2.24) is 5.32 Å². The van der Waals surface area contributed by atoms with Crippen molar-refractivity contribution < 1.29 is 14.3 Å². The zero-order chi connectivity index (χ0) is 17.2. The molecule has 0 fully saturated rings. The summed E-state index contributed by atoms with van der Waals surface area (Å²) in [7, 11) is 0. The summed E-state index contributed by atoms with van der Waals surface area (Å²) in [4.78, 5) is 23.6. The Morgan fingerprint density at radius 1 is 1.00 bits per heavy atom. The maximum atomic E-state index is 11.9. The Hall–Kier alpha value is -2.66. The van der Waals surface area contributed by atoms with E-state index in [2.05, 4.69) is 10.6 Å². The lowest BCUT2D eigenvalue weighted by molar-refractivity contribution is -0.115. The highest BCUT2D eigenvalue weighted by molar-refractivity contribution is 5.94. The summed E-state index contributed by atoms with van der Waals surface area (Å²) < 4.78 is 5.06. The molecule has 0 aliphatic rings. The van der Waals surface area contributed by atoms with Crippen molar-refractivity contribution in [1.29, 1.82) is 0 Å². The van der Waals surface area contributed by atoms with Gasteiger partial charge in [0.25, 0.3) is 0 Å². The molecular formula is C19H22N2O3. The second kappa shape index (κ2) is 9.47. The molecule has 5 heteroatoms. The number of benzene rings is 2. The molecule has 0 saturated carbocycles. The average molecular weight is 326 g/mol. The van der Waals surface area contributed by atoms with Crippen molar-refractivity contribution in [3.8, 4) is 0 Å². The average Bonchev–Trinajstić information content (AvgIpc) is 2.61. The highest BCUT2D eigenvalue weighted by Crippen LogP contribution is 2.10. The van der Waals surface area contributed by atoms with E-state index in [-0.39, 0.29) is 18.4 Å². The summed E-state index contributed by atoms with van der Waals surface area (Å²) >= 11 is 0. The van der Waals surface area contributed by atoms with Crippen LogP contribution in [0.5, 0.6) is 0 Å². The van der Waals surface area contributed by atoms with Crippen LogP contribution < -0.4 is 10.6 Å². The van der Waals surface area contributed by atoms with Crippen LogP contribution in [-0.2, 0) is 16.1 Å². The molecule has 2 N–H and O–H groups in total. The van der Waals surface area contributed by atoms with Crippen molar-refractivity contribution >= 4 is 17.6 Å². The predicted octanol–water partition coefficient (Wildman–Crippen LogP) is 2.98. The van der Waals surface area contributed by atoms with E-state index in [9.17, 15) is 9.59 Å². The van der Waals surface area contributed by atoms with E-state index < -0.39 is 0 Å². The molecule has 0 aromatic heterocycles. The Morgan fingerprint density at radius 3 is 2.38 bits per heavy atom. The van der Waals surface area contributed by atoms with Gasteiger partial charge in [0.15, 0.2) is 0 Å². The fourth-order valence-corrected chi connectivity index (χ4v) is 2.09. The minimum Gasteiger partial charge on any atom is -0.462 e. The highest BCUT2D eigenvalue weighted by atomic mass is 16.5. The van der Waals surface area contributed by atoms with Gasteiger partial charge in [-0.25, -0.2) is 4.79 Å². The van der Waals surface area contributed by atoms with E-state index in [1.807, 2.05) is 37.3 Å². The summed E-state index contributed by atoms with van der Waals surface area (Å²) in [5, 5.41) is 5.87. The third-order valence-corrected chi connectivity index (χ3v) is 3.30. The molecule has 0 atom stereocenters. The lowest BCUT2D eigenvalue weighted by Crippen LogP contribution is -2.27. The summed E-state index contributed by atoms with van der Waals surface area (Å²) in [6, 6.07) is 16.6. The molecule has 24 heavy (non-hydrogen) atoms. The van der Waals surface area contributed by atoms with E-state index in [4.69, 9.17) is 4.74 Å². The van der Waals surface area contributed by atoms with Crippen molar-refractivity contribution in [3.05, 3.63) is 65.7 Å². The van der Waals surface area contributed by atoms with Gasteiger partial charge in [-0.1, -0.05) is 37.3 Å². The van der Waals surface area contributed by atoms with Crippen LogP contribution in [0, 0.1) is 0 Å². The number of hydrogen-bond acceptors (Lipinski definition) is 4. The third-order valence-electron chi connectivity index (χ3n) is 3.30. The van der Waals surface area contributed by atoms with E-state index >= 15 is 0 Å². The van der Waals surface area contributed by atoms with Gasteiger partial charge in [-0.05, 0) is 36.2 Å². The molecule has 126 valence electrons. The molecule has 0 saturated heterocycles. The summed E-state index contributed by atoms with van der Waals surface area (Å²) in [5.41, 5.74) is 2.25. The second-order valence-electron chi connectivity index (χ2n) is 5.35. The maximum Gasteiger partial charge on any atom is 0.338 e. The quantitative estimate of drug-likeness (QED) is 0.732. The molecule has 0 heterocycles. The number of carbonyl (C=O) groups excluding carboxylic acids is 2. The van der Waals surface area contributed by atoms with Crippen molar-refractivity contribution in [3.63, 3.8) is 0 Å². The fourth-order valence-electron chi connectivity index (χ4n) is 2.09. The Morgan fingerprint density at radius 2 is 1.71 bits per heavy atom. The number of anilines is 1. The minimum absolute atomic E-state index is 0.132. The van der Waals surface area contributed by atoms with Gasteiger partial charge in [-0.15, -0.1) is 0 Å². The molecule has 5 nitrogen and oxygen atoms in total. The molecule has 0 aliphatic carbocycles. The van der Waals surface area contributed by atoms with Gasteiger partial charge in [-0.2, -0.15) is 0 Å². The smallest absolute Gasteiger partial charge is 0.338 e. The first-order valence-electron chi connectivity index (χ1n) is 8.00. The molecule has 0 spiro atoms. The number of rotatable bonds is 8. The Bertz CT molecular complexity index is 654. The van der Waals surface area contributed by atoms with Crippen molar-refractivity contribution in [2.45, 2.75) is 19.9 Å². The number of amides is 1. The maximum absolute atomic E-state index is 11.9. The Kier molecular flexibility index (Phi) is 6.98. The first-order chi connectivity index (χ1) is 11.7. The number of nitrogens with one attached hydrogen (secondary N) is 2. The molecule has 2 aromatic rings. The minimum atomic E-state index is -0.348. The van der Waals surface area contributed by atoms with Crippen molar-refractivity contribution in [2.75, 3.05) is 18.5 Å². The fraction of sp³-hybridized carbons (Fsp3) is 0.263. The predicted molar refractivity (Wildman–Crippen MR) is 93.8 cm³/mol. The van der Waals surface area contributed by atoms with Gasteiger partial charge in [0, 0.05) is 12.2 Å². The van der Waals surface area contributed by atoms with E-state index in [1.165, 1.54) is 0 Å². The van der Waals surface area contributed by atoms with Crippen LogP contribution in [0.25, 0.3) is 0 Å². The van der Waals surface area contributed by atoms with Gasteiger partial charge in [0.05, 0.1) is 18.7 Å². The van der Waals surface area contributed by atoms with Crippen LogP contribution in [0.4, 0.5) is 5.69 Å². The molecule has 0 aliphatic heterocycles. The Balaban J connectivity index is 1.76. The van der Waals surface area contributed by atoms with Crippen LogP contribution in [0.2, 0.25) is 0 Å². The summed E-state index contributed by atoms with van der Waals surface area (Å²) in [6.07, 6.45) is 0.788. The molecule has 0 radical (unpaired) electrons. The standard InChI is InChI=1S/C19H22N2O3/c1-2-12-24-19(23)16-8-10-17(11-9-16)21-18(22)14-20-13-15-6-4-3-5-7-15/h3-11,20H,2,12-14H2,1H3,(H,21,22). The topological polar surface area (TPSA) is 67.4 Å². The van der Waals surface area contributed by atoms with Gasteiger partial charge in [0.1, 0.15) is 0 Å². The van der Waals surface area contributed by atoms with Crippen LogP contribution in [0.15, 0.2) is 54.6 Å². The first-order valence-corrected chi connectivity index (χ1v) is 8.00. The van der Waals surface area contributed by atoms with Crippen LogP contribution in [-0.4, -0.2) is 25.0 Å². The van der Waals surface area contributed by atoms with Gasteiger partial charge >= 0.3 is 5.97 Å². The SMILES string of the molecule is CCCOC(=O)c1ccc(NC(=O)CNCc2ccccc2)cc1. The van der Waals surface area contributed by atoms with Gasteiger partial charge in [-0.3, -0.25) is 4.79 Å². The van der Waals surface area contributed by atoms with E-state index in [0.29, 0.717) is 24.4 Å². The lowest BCUT2D eigenvalue weighted by Gasteiger charge is -2.08. The number of carbonyl (C=O) groups is 2. The summed E-state index contributed by atoms with van der Waals surface area (Å²) in [5.74, 6) is -0.480. The zero-order valence-electron chi connectivity index (χ0n) is 13.7. The normalized spacial score (nSPS) is 10.2. The van der Waals surface area contributed by atoms with Crippen LogP contribution in [0.1, 0.15) is 29.3 Å². The lowest BCUT2D eigenvalue weighted by atomic mass is 10.2. The van der Waals surface area contributed by atoms with E-state index in [0.717, 1.165) is 12.0 Å². The number of ether oxygens (including phenoxy) is 1. The second-order valence-corrected chi connectivity index (χ2v) is 5.35. The molecule has 2 aromatic carbocycles. The number of hydrogen-bond donors (Lipinski definition) is 2. The largest absolute Gasteiger partial charge is 0.462 e. The highest BCUT2D eigenvalue weighted by Gasteiger charge is 2.07. The monoisotopic (exact) mass is 326 g/mol. The molecule has 0 unspecified atom stereocenters. The summed E-state index contributed by atoms with van der Waals surface area (Å²) in [6.45, 7) is 3.20. The van der Waals surface area contributed by atoms with Gasteiger partial charge < -0.3 is 15.4 Å². The number of esters is 1. The Labute approximate surface area is 142 Å². The van der Waals surface area contributed by atoms with Crippen molar-refractivity contribution in [2.24, 2.45) is 0 Å². The molecule has 0 bridgehead atoms. The first kappa shape index (κ1) is 17.7. The van der Waals surface area contributed by atoms with Gasteiger partial charge in [0.2, 0.25) is 5.91 Å².